The maximum absolute atomic E-state index is 12.1. The van der Waals surface area contributed by atoms with Crippen molar-refractivity contribution >= 4 is 23.4 Å². The zero-order valence-electron chi connectivity index (χ0n) is 20.5. The lowest BCUT2D eigenvalue weighted by molar-refractivity contribution is 0.0970. The molecule has 0 atom stereocenters. The first kappa shape index (κ1) is 23.7. The first-order valence-corrected chi connectivity index (χ1v) is 13.5. The number of aryl methyl sites for hydroxylation is 1. The second kappa shape index (κ2) is 10.7. The van der Waals surface area contributed by atoms with Crippen molar-refractivity contribution in [1.82, 2.24) is 19.9 Å². The molecule has 184 valence electrons. The molecule has 3 heterocycles. The number of carbonyl (C=O) groups excluding carboxylic acids is 1. The van der Waals surface area contributed by atoms with Crippen LogP contribution < -0.4 is 5.32 Å². The fourth-order valence-electron chi connectivity index (χ4n) is 5.00. The summed E-state index contributed by atoms with van der Waals surface area (Å²) in [5.74, 6) is 1.02. The van der Waals surface area contributed by atoms with Crippen LogP contribution in [0.2, 0.25) is 0 Å². The van der Waals surface area contributed by atoms with Gasteiger partial charge in [0.2, 0.25) is 5.95 Å². The van der Waals surface area contributed by atoms with Gasteiger partial charge in [0, 0.05) is 36.8 Å². The minimum absolute atomic E-state index is 0.213. The van der Waals surface area contributed by atoms with E-state index in [1.165, 1.54) is 31.2 Å². The molecule has 3 aromatic rings. The molecule has 1 aromatic carbocycles. The molecular formula is C27H33N5O2S. The van der Waals surface area contributed by atoms with Crippen molar-refractivity contribution in [2.45, 2.75) is 64.3 Å². The number of hydrogen-bond acceptors (Lipinski definition) is 7. The topological polar surface area (TPSA) is 80.2 Å². The zero-order chi connectivity index (χ0) is 24.2. The molecule has 1 saturated carbocycles. The number of carbonyl (C=O) groups is 1. The molecule has 35 heavy (non-hydrogen) atoms. The van der Waals surface area contributed by atoms with Crippen LogP contribution in [0.5, 0.6) is 0 Å². The lowest BCUT2D eigenvalue weighted by Gasteiger charge is -2.30. The molecule has 2 aliphatic rings. The van der Waals surface area contributed by atoms with Gasteiger partial charge >= 0.3 is 6.09 Å². The van der Waals surface area contributed by atoms with Gasteiger partial charge in [-0.05, 0) is 51.7 Å². The van der Waals surface area contributed by atoms with Crippen LogP contribution in [0.1, 0.15) is 61.9 Å². The number of piperidine rings is 1. The second-order valence-electron chi connectivity index (χ2n) is 9.45. The maximum atomic E-state index is 12.1. The molecule has 1 N–H and O–H groups in total. The van der Waals surface area contributed by atoms with E-state index in [9.17, 15) is 4.79 Å². The van der Waals surface area contributed by atoms with Crippen LogP contribution in [-0.2, 0) is 4.74 Å². The molecule has 0 unspecified atom stereocenters. The third-order valence-corrected chi connectivity index (χ3v) is 8.12. The van der Waals surface area contributed by atoms with E-state index in [1.54, 1.807) is 16.2 Å². The average Bonchev–Trinajstić information content (AvgIpc) is 3.55. The minimum atomic E-state index is -0.213. The monoisotopic (exact) mass is 491 g/mol. The SMILES string of the molecule is CCOC(=O)N1CCC(c2nc(-c3cccc(C)c3)c(-c3ccnc(NC4CCCC4)n3)s2)CC1. The molecule has 0 spiro atoms. The molecule has 2 fully saturated rings. The molecule has 8 heteroatoms. The van der Waals surface area contributed by atoms with Crippen LogP contribution in [-0.4, -0.2) is 51.7 Å². The molecule has 7 nitrogen and oxygen atoms in total. The van der Waals surface area contributed by atoms with Crippen LogP contribution in [0, 0.1) is 6.92 Å². The number of hydrogen-bond donors (Lipinski definition) is 1. The summed E-state index contributed by atoms with van der Waals surface area (Å²) in [4.78, 5) is 29.6. The van der Waals surface area contributed by atoms with Gasteiger partial charge in [0.15, 0.2) is 0 Å². The van der Waals surface area contributed by atoms with Crippen molar-refractivity contribution in [2.24, 2.45) is 0 Å². The fourth-order valence-corrected chi connectivity index (χ4v) is 6.23. The van der Waals surface area contributed by atoms with E-state index in [1.807, 2.05) is 19.2 Å². The summed E-state index contributed by atoms with van der Waals surface area (Å²) in [6.07, 6.45) is 8.29. The summed E-state index contributed by atoms with van der Waals surface area (Å²) in [6.45, 7) is 5.75. The quantitative estimate of drug-likeness (QED) is 0.438. The van der Waals surface area contributed by atoms with E-state index < -0.39 is 0 Å². The largest absolute Gasteiger partial charge is 0.450 e. The number of ether oxygens (including phenoxy) is 1. The maximum Gasteiger partial charge on any atom is 0.409 e. The summed E-state index contributed by atoms with van der Waals surface area (Å²) in [5, 5.41) is 4.64. The van der Waals surface area contributed by atoms with Crippen molar-refractivity contribution in [2.75, 3.05) is 25.0 Å². The number of anilines is 1. The van der Waals surface area contributed by atoms with Crippen molar-refractivity contribution < 1.29 is 9.53 Å². The van der Waals surface area contributed by atoms with E-state index in [2.05, 4.69) is 41.5 Å². The predicted molar refractivity (Wildman–Crippen MR) is 140 cm³/mol. The Kier molecular flexibility index (Phi) is 7.27. The lowest BCUT2D eigenvalue weighted by Crippen LogP contribution is -2.38. The first-order chi connectivity index (χ1) is 17.1. The number of rotatable bonds is 6. The second-order valence-corrected chi connectivity index (χ2v) is 10.5. The average molecular weight is 492 g/mol. The molecule has 1 aliphatic heterocycles. The summed E-state index contributed by atoms with van der Waals surface area (Å²) in [7, 11) is 0. The highest BCUT2D eigenvalue weighted by molar-refractivity contribution is 7.15. The number of amides is 1. The van der Waals surface area contributed by atoms with Gasteiger partial charge < -0.3 is 15.0 Å². The van der Waals surface area contributed by atoms with Gasteiger partial charge in [0.25, 0.3) is 0 Å². The number of nitrogens with zero attached hydrogens (tertiary/aromatic N) is 4. The Hall–Kier alpha value is -3.00. The van der Waals surface area contributed by atoms with Gasteiger partial charge in [-0.2, -0.15) is 0 Å². The van der Waals surface area contributed by atoms with E-state index in [0.717, 1.165) is 39.7 Å². The number of nitrogens with one attached hydrogen (secondary N) is 1. The Bertz CT molecular complexity index is 1170. The van der Waals surface area contributed by atoms with Gasteiger partial charge in [-0.25, -0.2) is 19.7 Å². The minimum Gasteiger partial charge on any atom is -0.450 e. The smallest absolute Gasteiger partial charge is 0.409 e. The van der Waals surface area contributed by atoms with E-state index in [-0.39, 0.29) is 6.09 Å². The standard InChI is InChI=1S/C27H33N5O2S/c1-3-34-27(33)32-15-12-19(13-16-32)25-31-23(20-8-6-7-18(2)17-20)24(35-25)22-11-14-28-26(30-22)29-21-9-4-5-10-21/h6-8,11,14,17,19,21H,3-5,9-10,12-13,15-16H2,1-2H3,(H,28,29,30). The molecule has 0 bridgehead atoms. The summed E-state index contributed by atoms with van der Waals surface area (Å²) in [5.41, 5.74) is 4.20. The van der Waals surface area contributed by atoms with E-state index in [4.69, 9.17) is 14.7 Å². The van der Waals surface area contributed by atoms with Crippen molar-refractivity contribution in [1.29, 1.82) is 0 Å². The molecule has 0 radical (unpaired) electrons. The van der Waals surface area contributed by atoms with Gasteiger partial charge in [-0.3, -0.25) is 0 Å². The van der Waals surface area contributed by atoms with Crippen LogP contribution in [0.15, 0.2) is 36.5 Å². The Morgan fingerprint density at radius 1 is 1.14 bits per heavy atom. The van der Waals surface area contributed by atoms with Crippen LogP contribution in [0.4, 0.5) is 10.7 Å². The van der Waals surface area contributed by atoms with E-state index in [0.29, 0.717) is 37.6 Å². The molecule has 1 amide bonds. The van der Waals surface area contributed by atoms with Crippen LogP contribution >= 0.6 is 11.3 Å². The molecule has 5 rings (SSSR count). The number of likely N-dealkylation sites (tertiary alicyclic amines) is 1. The lowest BCUT2D eigenvalue weighted by atomic mass is 9.98. The van der Waals surface area contributed by atoms with Crippen LogP contribution in [0.3, 0.4) is 0 Å². The predicted octanol–water partition coefficient (Wildman–Crippen LogP) is 6.27. The molecule has 2 aromatic heterocycles. The van der Waals surface area contributed by atoms with E-state index >= 15 is 0 Å². The highest BCUT2D eigenvalue weighted by Gasteiger charge is 2.28. The van der Waals surface area contributed by atoms with Crippen LogP contribution in [0.25, 0.3) is 21.8 Å². The Morgan fingerprint density at radius 3 is 2.69 bits per heavy atom. The molecule has 1 aliphatic carbocycles. The fraction of sp³-hybridized carbons (Fsp3) is 0.481. The van der Waals surface area contributed by atoms with Crippen molar-refractivity contribution in [3.05, 3.63) is 47.1 Å². The van der Waals surface area contributed by atoms with Gasteiger partial charge in [0.05, 0.1) is 27.9 Å². The highest BCUT2D eigenvalue weighted by Crippen LogP contribution is 2.41. The summed E-state index contributed by atoms with van der Waals surface area (Å²) < 4.78 is 5.18. The highest BCUT2D eigenvalue weighted by atomic mass is 32.1. The Morgan fingerprint density at radius 2 is 1.94 bits per heavy atom. The van der Waals surface area contributed by atoms with Gasteiger partial charge in [-0.1, -0.05) is 36.6 Å². The van der Waals surface area contributed by atoms with Crippen molar-refractivity contribution in [3.63, 3.8) is 0 Å². The third kappa shape index (κ3) is 5.48. The Balaban J connectivity index is 1.44. The third-order valence-electron chi connectivity index (χ3n) is 6.88. The molecular weight excluding hydrogens is 458 g/mol. The first-order valence-electron chi connectivity index (χ1n) is 12.7. The summed E-state index contributed by atoms with van der Waals surface area (Å²) >= 11 is 1.73. The number of aromatic nitrogens is 3. The van der Waals surface area contributed by atoms with Gasteiger partial charge in [-0.15, -0.1) is 11.3 Å². The van der Waals surface area contributed by atoms with Gasteiger partial charge in [0.1, 0.15) is 0 Å². The zero-order valence-corrected chi connectivity index (χ0v) is 21.3. The Labute approximate surface area is 211 Å². The normalized spacial score (nSPS) is 17.0. The number of thiazole rings is 1. The molecule has 1 saturated heterocycles. The van der Waals surface area contributed by atoms with Crippen molar-refractivity contribution in [3.8, 4) is 21.8 Å². The number of benzene rings is 1. The summed E-state index contributed by atoms with van der Waals surface area (Å²) in [6, 6.07) is 10.9.